The number of thiocarbonyl (C=S) groups is 3. The van der Waals surface area contributed by atoms with Crippen molar-refractivity contribution in [3.8, 4) is 0 Å². The Balaban J connectivity index is 6.10. The normalized spacial score (nSPS) is 15.0. The van der Waals surface area contributed by atoms with Crippen LogP contribution in [-0.4, -0.2) is 15.5 Å². The van der Waals surface area contributed by atoms with Gasteiger partial charge >= 0.3 is 92.4 Å². The van der Waals surface area contributed by atoms with Crippen molar-refractivity contribution in [1.29, 1.82) is 0 Å². The first-order valence-corrected chi connectivity index (χ1v) is 6.84. The zero-order valence-corrected chi connectivity index (χ0v) is 9.75. The van der Waals surface area contributed by atoms with E-state index >= 15 is 0 Å². The molecule has 0 aromatic heterocycles. The minimum atomic E-state index is -7.18. The third-order valence-electron chi connectivity index (χ3n) is 0.731. The van der Waals surface area contributed by atoms with Crippen molar-refractivity contribution in [1.82, 2.24) is 0 Å². The van der Waals surface area contributed by atoms with Gasteiger partial charge in [0, 0.05) is 0 Å². The monoisotopic (exact) mass is 278 g/mol. The summed E-state index contributed by atoms with van der Waals surface area (Å²) in [5, 5.41) is 4.16. The summed E-state index contributed by atoms with van der Waals surface area (Å²) in [4.78, 5) is 0. The molecule has 0 saturated heterocycles. The van der Waals surface area contributed by atoms with Gasteiger partial charge in [-0.25, -0.2) is 0 Å². The van der Waals surface area contributed by atoms with E-state index in [1.807, 2.05) is 0 Å². The molecule has 0 aromatic carbocycles. The summed E-state index contributed by atoms with van der Waals surface area (Å²) in [5.74, 6) is 0. The summed E-state index contributed by atoms with van der Waals surface area (Å²) in [6, 6.07) is 0. The van der Waals surface area contributed by atoms with Crippen molar-refractivity contribution >= 4 is 69.7 Å². The van der Waals surface area contributed by atoms with Crippen molar-refractivity contribution < 1.29 is 8.39 Å². The molecule has 0 radical (unpaired) electrons. The predicted octanol–water partition coefficient (Wildman–Crippen LogP) is 4.05. The molecule has 0 aliphatic carbocycles. The van der Waals surface area contributed by atoms with Crippen LogP contribution in [0.4, 0.5) is 8.39 Å². The summed E-state index contributed by atoms with van der Waals surface area (Å²) in [7, 11) is 0. The molecular formula is C3ClF2N3PS3-. The van der Waals surface area contributed by atoms with Gasteiger partial charge in [-0.1, -0.05) is 0 Å². The molecule has 0 aliphatic heterocycles. The number of isothiocyanates is 3. The summed E-state index contributed by atoms with van der Waals surface area (Å²) in [5.41, 5.74) is 0. The van der Waals surface area contributed by atoms with E-state index in [2.05, 4.69) is 50.9 Å². The first kappa shape index (κ1) is 13.0. The second kappa shape index (κ2) is 3.28. The van der Waals surface area contributed by atoms with Crippen molar-refractivity contribution in [2.45, 2.75) is 0 Å². The maximum absolute atomic E-state index is 13.5. The van der Waals surface area contributed by atoms with Crippen LogP contribution in [0.15, 0.2) is 14.3 Å². The molecule has 0 aromatic rings. The number of hydrogen-bond acceptors (Lipinski definition) is 6. The summed E-state index contributed by atoms with van der Waals surface area (Å²) in [6.07, 6.45) is -7.18. The zero-order chi connectivity index (χ0) is 10.7. The van der Waals surface area contributed by atoms with Gasteiger partial charge < -0.3 is 0 Å². The third-order valence-corrected chi connectivity index (χ3v) is 3.61. The fraction of sp³-hybridized carbons (Fsp3) is 0. The van der Waals surface area contributed by atoms with Gasteiger partial charge in [-0.15, -0.1) is 0 Å². The molecule has 72 valence electrons. The van der Waals surface area contributed by atoms with Gasteiger partial charge in [0.25, 0.3) is 0 Å². The molecule has 10 heteroatoms. The van der Waals surface area contributed by atoms with E-state index in [1.165, 1.54) is 15.5 Å². The van der Waals surface area contributed by atoms with Gasteiger partial charge in [-0.2, -0.15) is 0 Å². The third kappa shape index (κ3) is 3.69. The molecular weight excluding hydrogens is 279 g/mol. The van der Waals surface area contributed by atoms with Gasteiger partial charge in [-0.3, -0.25) is 0 Å². The van der Waals surface area contributed by atoms with E-state index in [1.54, 1.807) is 0 Å². The Bertz CT molecular complexity index is 338. The van der Waals surface area contributed by atoms with Gasteiger partial charge in [0.15, 0.2) is 0 Å². The molecule has 0 atom stereocenters. The molecule has 0 N–H and O–H groups in total. The molecule has 0 heterocycles. The molecule has 0 saturated carbocycles. The molecule has 0 bridgehead atoms. The van der Waals surface area contributed by atoms with E-state index < -0.39 is 6.37 Å². The van der Waals surface area contributed by atoms with Crippen molar-refractivity contribution in [3.05, 3.63) is 0 Å². The van der Waals surface area contributed by atoms with Gasteiger partial charge in [0.2, 0.25) is 0 Å². The number of halogens is 3. The van der Waals surface area contributed by atoms with Crippen LogP contribution in [0.3, 0.4) is 0 Å². The van der Waals surface area contributed by atoms with Crippen molar-refractivity contribution in [2.75, 3.05) is 0 Å². The fourth-order valence-electron chi connectivity index (χ4n) is 0.315. The Morgan fingerprint density at radius 3 is 1.31 bits per heavy atom. The Kier molecular flexibility index (Phi) is 3.28. The maximum atomic E-state index is 13.5. The Labute approximate surface area is 92.3 Å². The van der Waals surface area contributed by atoms with Gasteiger partial charge in [0.05, 0.1) is 0 Å². The van der Waals surface area contributed by atoms with Crippen LogP contribution in [0.1, 0.15) is 0 Å². The van der Waals surface area contributed by atoms with Crippen LogP contribution in [0.2, 0.25) is 0 Å². The summed E-state index contributed by atoms with van der Waals surface area (Å²) < 4.78 is 34.4. The average Bonchev–Trinajstić information content (AvgIpc) is 1.84. The molecule has 0 fully saturated rings. The molecule has 3 nitrogen and oxygen atoms in total. The van der Waals surface area contributed by atoms with Gasteiger partial charge in [0.1, 0.15) is 0 Å². The predicted molar refractivity (Wildman–Crippen MR) is 60.1 cm³/mol. The standard InChI is InChI=1S/C3ClF2N3PS3/c4-10(5,6,7-1-11,8-2-12)9-3-13/q-1. The van der Waals surface area contributed by atoms with Crippen LogP contribution >= 0.6 is 54.3 Å². The van der Waals surface area contributed by atoms with Crippen LogP contribution < -0.4 is 0 Å². The van der Waals surface area contributed by atoms with Crippen LogP contribution in [-0.2, 0) is 0 Å². The summed E-state index contributed by atoms with van der Waals surface area (Å²) in [6.45, 7) is 0. The van der Waals surface area contributed by atoms with Crippen molar-refractivity contribution in [3.63, 3.8) is 0 Å². The second-order valence-electron chi connectivity index (χ2n) is 1.71. The van der Waals surface area contributed by atoms with Crippen LogP contribution in [0.25, 0.3) is 0 Å². The molecule has 0 spiro atoms. The van der Waals surface area contributed by atoms with E-state index in [9.17, 15) is 8.39 Å². The number of hydrogen-bond donors (Lipinski definition) is 0. The van der Waals surface area contributed by atoms with Crippen LogP contribution in [0, 0.1) is 0 Å². The van der Waals surface area contributed by atoms with Crippen LogP contribution in [0.5, 0.6) is 0 Å². The molecule has 0 unspecified atom stereocenters. The molecule has 0 aliphatic rings. The second-order valence-corrected chi connectivity index (χ2v) is 7.27. The minimum absolute atomic E-state index is 1.39. The van der Waals surface area contributed by atoms with Crippen molar-refractivity contribution in [2.24, 2.45) is 14.3 Å². The Morgan fingerprint density at radius 1 is 0.923 bits per heavy atom. The van der Waals surface area contributed by atoms with E-state index in [4.69, 9.17) is 11.2 Å². The zero-order valence-electron chi connectivity index (χ0n) is 5.65. The summed E-state index contributed by atoms with van der Waals surface area (Å²) >= 11 is 16.8. The molecule has 13 heavy (non-hydrogen) atoms. The number of rotatable bonds is 3. The van der Waals surface area contributed by atoms with Gasteiger partial charge in [-0.05, 0) is 0 Å². The quantitative estimate of drug-likeness (QED) is 0.444. The molecule has 0 rings (SSSR count). The van der Waals surface area contributed by atoms with E-state index in [0.717, 1.165) is 0 Å². The molecule has 0 amide bonds. The average molecular weight is 279 g/mol. The first-order valence-electron chi connectivity index (χ1n) is 2.39. The SMILES string of the molecule is F[P-](F)(Cl)(N=C=S)(N=C=S)N=C=S. The Morgan fingerprint density at radius 2 is 1.15 bits per heavy atom. The number of nitrogens with zero attached hydrogens (tertiary/aromatic N) is 3. The topological polar surface area (TPSA) is 37.1 Å². The van der Waals surface area contributed by atoms with E-state index in [-0.39, 0.29) is 0 Å². The fourth-order valence-corrected chi connectivity index (χ4v) is 3.27. The van der Waals surface area contributed by atoms with E-state index in [0.29, 0.717) is 0 Å². The first-order chi connectivity index (χ1) is 5.71. The Hall–Kier alpha value is -0.0200.